The molecule has 6 nitrogen and oxygen atoms in total. The fraction of sp³-hybridized carbons (Fsp3) is 0.455. The molecule has 0 bridgehead atoms. The third kappa shape index (κ3) is 5.45. The third-order valence-corrected chi connectivity index (χ3v) is 5.08. The van der Waals surface area contributed by atoms with E-state index >= 15 is 0 Å². The second-order valence-corrected chi connectivity index (χ2v) is 7.40. The largest absolute Gasteiger partial charge is 0.496 e. The van der Waals surface area contributed by atoms with Crippen LogP contribution >= 0.6 is 0 Å². The van der Waals surface area contributed by atoms with Gasteiger partial charge in [-0.3, -0.25) is 9.88 Å². The van der Waals surface area contributed by atoms with Gasteiger partial charge in [0.25, 0.3) is 0 Å². The number of aryl methyl sites for hydroxylation is 1. The smallest absolute Gasteiger partial charge is 0.317 e. The first-order valence-electron chi connectivity index (χ1n) is 9.87. The van der Waals surface area contributed by atoms with E-state index in [0.717, 1.165) is 56.3 Å². The molecule has 1 aromatic carbocycles. The van der Waals surface area contributed by atoms with Gasteiger partial charge in [-0.15, -0.1) is 0 Å². The zero-order chi connectivity index (χ0) is 19.9. The van der Waals surface area contributed by atoms with Crippen molar-refractivity contribution >= 4 is 6.03 Å². The van der Waals surface area contributed by atoms with E-state index in [1.807, 2.05) is 55.1 Å². The first-order valence-corrected chi connectivity index (χ1v) is 9.87. The fourth-order valence-corrected chi connectivity index (χ4v) is 3.56. The van der Waals surface area contributed by atoms with Gasteiger partial charge in [-0.25, -0.2) is 4.79 Å². The van der Waals surface area contributed by atoms with Gasteiger partial charge in [0.1, 0.15) is 5.75 Å². The molecule has 1 atom stereocenters. The molecule has 0 aliphatic carbocycles. The number of ether oxygens (including phenoxy) is 1. The van der Waals surface area contributed by atoms with Crippen molar-refractivity contribution in [1.82, 2.24) is 20.1 Å². The summed E-state index contributed by atoms with van der Waals surface area (Å²) in [6, 6.07) is 14.2. The molecule has 150 valence electrons. The van der Waals surface area contributed by atoms with Gasteiger partial charge >= 0.3 is 6.03 Å². The van der Waals surface area contributed by atoms with Gasteiger partial charge < -0.3 is 15.0 Å². The number of amides is 2. The summed E-state index contributed by atoms with van der Waals surface area (Å²) in [5, 5.41) is 3.11. The van der Waals surface area contributed by atoms with Gasteiger partial charge in [0, 0.05) is 62.1 Å². The van der Waals surface area contributed by atoms with E-state index in [1.54, 1.807) is 7.11 Å². The molecule has 28 heavy (non-hydrogen) atoms. The normalized spacial score (nSPS) is 15.9. The molecule has 3 rings (SSSR count). The van der Waals surface area contributed by atoms with Gasteiger partial charge in [-0.05, 0) is 32.0 Å². The van der Waals surface area contributed by atoms with Crippen molar-refractivity contribution < 1.29 is 9.53 Å². The third-order valence-electron chi connectivity index (χ3n) is 5.08. The van der Waals surface area contributed by atoms with E-state index < -0.39 is 0 Å². The summed E-state index contributed by atoms with van der Waals surface area (Å²) in [6.45, 7) is 8.04. The van der Waals surface area contributed by atoms with Gasteiger partial charge in [-0.2, -0.15) is 0 Å². The first-order chi connectivity index (χ1) is 13.5. The number of para-hydroxylation sites is 1. The summed E-state index contributed by atoms with van der Waals surface area (Å²) in [5.41, 5.74) is 3.19. The minimum Gasteiger partial charge on any atom is -0.496 e. The summed E-state index contributed by atoms with van der Waals surface area (Å²) in [4.78, 5) is 21.4. The minimum atomic E-state index is 0.0112. The number of hydrogen-bond acceptors (Lipinski definition) is 4. The number of carbonyl (C=O) groups excluding carboxylic acids is 1. The minimum absolute atomic E-state index is 0.0112. The van der Waals surface area contributed by atoms with Crippen LogP contribution in [0.5, 0.6) is 5.75 Å². The van der Waals surface area contributed by atoms with Crippen LogP contribution in [0, 0.1) is 6.92 Å². The highest BCUT2D eigenvalue weighted by Gasteiger charge is 2.22. The van der Waals surface area contributed by atoms with Crippen LogP contribution in [-0.2, 0) is 13.0 Å². The predicted molar refractivity (Wildman–Crippen MR) is 111 cm³/mol. The van der Waals surface area contributed by atoms with E-state index in [2.05, 4.69) is 21.3 Å². The molecule has 1 aliphatic rings. The average Bonchev–Trinajstić information content (AvgIpc) is 2.69. The zero-order valence-electron chi connectivity index (χ0n) is 17.0. The monoisotopic (exact) mass is 382 g/mol. The lowest BCUT2D eigenvalue weighted by atomic mass is 10.1. The summed E-state index contributed by atoms with van der Waals surface area (Å²) in [7, 11) is 1.70. The van der Waals surface area contributed by atoms with Gasteiger partial charge in [-0.1, -0.05) is 24.3 Å². The number of aromatic nitrogens is 1. The van der Waals surface area contributed by atoms with Crippen LogP contribution in [-0.4, -0.2) is 60.1 Å². The predicted octanol–water partition coefficient (Wildman–Crippen LogP) is 2.86. The molecule has 0 unspecified atom stereocenters. The Balaban J connectivity index is 1.45. The molecule has 1 saturated heterocycles. The average molecular weight is 383 g/mol. The first kappa shape index (κ1) is 20.1. The molecule has 2 aromatic rings. The van der Waals surface area contributed by atoms with Crippen LogP contribution in [0.4, 0.5) is 4.79 Å². The highest BCUT2D eigenvalue weighted by molar-refractivity contribution is 5.74. The Morgan fingerprint density at radius 3 is 2.61 bits per heavy atom. The van der Waals surface area contributed by atoms with Crippen molar-refractivity contribution in [1.29, 1.82) is 0 Å². The molecule has 2 heterocycles. The number of pyridine rings is 1. The lowest BCUT2D eigenvalue weighted by molar-refractivity contribution is 0.133. The second-order valence-electron chi connectivity index (χ2n) is 7.40. The maximum absolute atomic E-state index is 12.6. The topological polar surface area (TPSA) is 57.7 Å². The van der Waals surface area contributed by atoms with E-state index in [1.165, 1.54) is 5.56 Å². The molecule has 1 fully saturated rings. The number of piperazine rings is 1. The highest BCUT2D eigenvalue weighted by atomic mass is 16.5. The Labute approximate surface area is 167 Å². The van der Waals surface area contributed by atoms with Crippen LogP contribution in [0.2, 0.25) is 0 Å². The molecule has 0 saturated carbocycles. The van der Waals surface area contributed by atoms with Crippen LogP contribution in [0.25, 0.3) is 0 Å². The number of urea groups is 1. The number of nitrogens with one attached hydrogen (secondary N) is 1. The Bertz CT molecular complexity index is 788. The summed E-state index contributed by atoms with van der Waals surface area (Å²) in [6.07, 6.45) is 0.737. The summed E-state index contributed by atoms with van der Waals surface area (Å²) >= 11 is 0. The molecular formula is C22H30N4O2. The lowest BCUT2D eigenvalue weighted by Crippen LogP contribution is -2.53. The molecule has 6 heteroatoms. The Morgan fingerprint density at radius 1 is 1.14 bits per heavy atom. The van der Waals surface area contributed by atoms with Gasteiger partial charge in [0.2, 0.25) is 0 Å². The van der Waals surface area contributed by atoms with E-state index in [0.29, 0.717) is 0 Å². The maximum Gasteiger partial charge on any atom is 0.317 e. The van der Waals surface area contributed by atoms with Crippen molar-refractivity contribution in [3.8, 4) is 5.75 Å². The van der Waals surface area contributed by atoms with Crippen LogP contribution in [0.1, 0.15) is 23.9 Å². The van der Waals surface area contributed by atoms with Crippen molar-refractivity contribution in [3.05, 3.63) is 59.4 Å². The van der Waals surface area contributed by atoms with Crippen LogP contribution in [0.3, 0.4) is 0 Å². The van der Waals surface area contributed by atoms with Gasteiger partial charge in [0.15, 0.2) is 0 Å². The number of nitrogens with zero attached hydrogens (tertiary/aromatic N) is 3. The molecule has 1 aliphatic heterocycles. The Hall–Kier alpha value is -2.60. The summed E-state index contributed by atoms with van der Waals surface area (Å²) < 4.78 is 5.44. The number of rotatable bonds is 6. The van der Waals surface area contributed by atoms with E-state index in [4.69, 9.17) is 4.74 Å². The quantitative estimate of drug-likeness (QED) is 0.835. The van der Waals surface area contributed by atoms with Crippen LogP contribution in [0.15, 0.2) is 42.5 Å². The molecule has 2 amide bonds. The lowest BCUT2D eigenvalue weighted by Gasteiger charge is -2.35. The number of methoxy groups -OCH3 is 1. The van der Waals surface area contributed by atoms with Crippen molar-refractivity contribution in [2.45, 2.75) is 32.9 Å². The molecule has 1 N–H and O–H groups in total. The Morgan fingerprint density at radius 2 is 1.89 bits per heavy atom. The number of carbonyl (C=O) groups is 1. The molecule has 0 radical (unpaired) electrons. The van der Waals surface area contributed by atoms with E-state index in [9.17, 15) is 4.79 Å². The number of hydrogen-bond donors (Lipinski definition) is 1. The summed E-state index contributed by atoms with van der Waals surface area (Å²) in [5.74, 6) is 0.918. The standard InChI is InChI=1S/C22H30N4O2/c1-17-7-6-9-20(23-17)15-18(2)24-22(27)26-13-11-25(12-14-26)16-19-8-4-5-10-21(19)28-3/h4-10,18H,11-16H2,1-3H3,(H,24,27)/t18-/m0/s1. The second kappa shape index (κ2) is 9.55. The maximum atomic E-state index is 12.6. The SMILES string of the molecule is COc1ccccc1CN1CCN(C(=O)N[C@@H](C)Cc2cccc(C)n2)CC1. The zero-order valence-corrected chi connectivity index (χ0v) is 17.0. The Kier molecular flexibility index (Phi) is 6.87. The van der Waals surface area contributed by atoms with E-state index in [-0.39, 0.29) is 12.1 Å². The number of benzene rings is 1. The molecular weight excluding hydrogens is 352 g/mol. The van der Waals surface area contributed by atoms with Crippen molar-refractivity contribution in [3.63, 3.8) is 0 Å². The fourth-order valence-electron chi connectivity index (χ4n) is 3.56. The molecule has 0 spiro atoms. The van der Waals surface area contributed by atoms with Crippen molar-refractivity contribution in [2.24, 2.45) is 0 Å². The molecule has 1 aromatic heterocycles. The van der Waals surface area contributed by atoms with Crippen LogP contribution < -0.4 is 10.1 Å². The van der Waals surface area contributed by atoms with Gasteiger partial charge in [0.05, 0.1) is 7.11 Å². The van der Waals surface area contributed by atoms with Crippen molar-refractivity contribution in [2.75, 3.05) is 33.3 Å². The highest BCUT2D eigenvalue weighted by Crippen LogP contribution is 2.20.